The van der Waals surface area contributed by atoms with Crippen molar-refractivity contribution in [1.29, 1.82) is 0 Å². The van der Waals surface area contributed by atoms with Gasteiger partial charge < -0.3 is 15.0 Å². The Kier molecular flexibility index (Phi) is 6.25. The van der Waals surface area contributed by atoms with Crippen LogP contribution in [0.4, 0.5) is 5.69 Å². The van der Waals surface area contributed by atoms with Gasteiger partial charge in [-0.3, -0.25) is 4.79 Å². The predicted molar refractivity (Wildman–Crippen MR) is 99.1 cm³/mol. The van der Waals surface area contributed by atoms with E-state index in [9.17, 15) is 9.59 Å². The molecule has 2 rings (SSSR count). The summed E-state index contributed by atoms with van der Waals surface area (Å²) in [6.45, 7) is 9.82. The highest BCUT2D eigenvalue weighted by molar-refractivity contribution is 8.00. The monoisotopic (exact) mass is 361 g/mol. The number of aryl methyl sites for hydroxylation is 3. The number of nitrogens with zero attached hydrogens (tertiary/aromatic N) is 1. The number of H-pyrrole nitrogens is 1. The number of hydrogen-bond donors (Lipinski definition) is 2. The van der Waals surface area contributed by atoms with Gasteiger partial charge in [-0.2, -0.15) is 0 Å². The second-order valence-electron chi connectivity index (χ2n) is 5.85. The number of aromatic nitrogens is 2. The van der Waals surface area contributed by atoms with Gasteiger partial charge in [0.25, 0.3) is 0 Å². The Hall–Kier alpha value is -2.28. The van der Waals surface area contributed by atoms with Crippen LogP contribution < -0.4 is 5.32 Å². The molecule has 0 bridgehead atoms. The summed E-state index contributed by atoms with van der Waals surface area (Å²) >= 11 is 1.26. The van der Waals surface area contributed by atoms with Gasteiger partial charge in [-0.15, -0.1) is 0 Å². The number of carbonyl (C=O) groups excluding carboxylic acids is 2. The molecule has 1 heterocycles. The number of rotatable bonds is 6. The lowest BCUT2D eigenvalue weighted by molar-refractivity contribution is -0.115. The number of amides is 1. The predicted octanol–water partition coefficient (Wildman–Crippen LogP) is 3.63. The molecule has 0 aliphatic heterocycles. The molecule has 1 atom stereocenters. The third-order valence-electron chi connectivity index (χ3n) is 3.63. The second-order valence-corrected chi connectivity index (χ2v) is 7.18. The van der Waals surface area contributed by atoms with Crippen LogP contribution in [0.5, 0.6) is 0 Å². The van der Waals surface area contributed by atoms with Crippen molar-refractivity contribution in [1.82, 2.24) is 9.97 Å². The Morgan fingerprint density at radius 3 is 2.52 bits per heavy atom. The van der Waals surface area contributed by atoms with Crippen LogP contribution in [-0.4, -0.2) is 33.7 Å². The number of benzene rings is 1. The zero-order valence-electron chi connectivity index (χ0n) is 15.1. The highest BCUT2D eigenvalue weighted by atomic mass is 32.2. The zero-order chi connectivity index (χ0) is 18.6. The molecule has 0 aliphatic carbocycles. The smallest absolute Gasteiger partial charge is 0.356 e. The lowest BCUT2D eigenvalue weighted by Gasteiger charge is -2.15. The molecule has 6 nitrogen and oxygen atoms in total. The first kappa shape index (κ1) is 19.1. The molecule has 1 aromatic heterocycles. The van der Waals surface area contributed by atoms with E-state index in [1.807, 2.05) is 32.9 Å². The van der Waals surface area contributed by atoms with Gasteiger partial charge in [0, 0.05) is 5.69 Å². The summed E-state index contributed by atoms with van der Waals surface area (Å²) in [6, 6.07) is 4.08. The maximum Gasteiger partial charge on any atom is 0.356 e. The van der Waals surface area contributed by atoms with Crippen molar-refractivity contribution < 1.29 is 14.3 Å². The molecule has 7 heteroatoms. The van der Waals surface area contributed by atoms with Gasteiger partial charge in [-0.05, 0) is 45.7 Å². The molecule has 2 aromatic rings. The summed E-state index contributed by atoms with van der Waals surface area (Å²) in [7, 11) is 0. The Morgan fingerprint density at radius 2 is 1.92 bits per heavy atom. The molecule has 0 fully saturated rings. The summed E-state index contributed by atoms with van der Waals surface area (Å²) in [6.07, 6.45) is 1.42. The van der Waals surface area contributed by atoms with Crippen LogP contribution in [0.2, 0.25) is 0 Å². The first-order chi connectivity index (χ1) is 11.8. The summed E-state index contributed by atoms with van der Waals surface area (Å²) in [5, 5.41) is 3.11. The van der Waals surface area contributed by atoms with E-state index in [2.05, 4.69) is 15.3 Å². The maximum absolute atomic E-state index is 12.5. The van der Waals surface area contributed by atoms with E-state index in [0.29, 0.717) is 11.8 Å². The van der Waals surface area contributed by atoms with Gasteiger partial charge in [-0.1, -0.05) is 29.5 Å². The van der Waals surface area contributed by atoms with Gasteiger partial charge in [-0.25, -0.2) is 9.78 Å². The third kappa shape index (κ3) is 4.85. The molecular weight excluding hydrogens is 338 g/mol. The summed E-state index contributed by atoms with van der Waals surface area (Å²) in [5.41, 5.74) is 4.35. The van der Waals surface area contributed by atoms with Gasteiger partial charge in [0.05, 0.1) is 18.1 Å². The Morgan fingerprint density at radius 1 is 1.28 bits per heavy atom. The molecule has 0 spiro atoms. The van der Waals surface area contributed by atoms with Crippen molar-refractivity contribution >= 4 is 29.3 Å². The molecule has 1 amide bonds. The fraction of sp³-hybridized carbons (Fsp3) is 0.389. The Bertz CT molecular complexity index is 763. The van der Waals surface area contributed by atoms with E-state index in [1.54, 1.807) is 13.8 Å². The van der Waals surface area contributed by atoms with E-state index in [1.165, 1.54) is 18.0 Å². The van der Waals surface area contributed by atoms with E-state index >= 15 is 0 Å². The lowest BCUT2D eigenvalue weighted by atomic mass is 10.1. The van der Waals surface area contributed by atoms with Crippen molar-refractivity contribution in [2.24, 2.45) is 0 Å². The summed E-state index contributed by atoms with van der Waals surface area (Å²) < 4.78 is 4.91. The lowest BCUT2D eigenvalue weighted by Crippen LogP contribution is -2.23. The average molecular weight is 361 g/mol. The molecule has 2 N–H and O–H groups in total. The first-order valence-corrected chi connectivity index (χ1v) is 8.97. The van der Waals surface area contributed by atoms with Crippen LogP contribution in [0.1, 0.15) is 41.0 Å². The van der Waals surface area contributed by atoms with Crippen molar-refractivity contribution in [3.63, 3.8) is 0 Å². The fourth-order valence-electron chi connectivity index (χ4n) is 2.50. The molecule has 0 radical (unpaired) electrons. The topological polar surface area (TPSA) is 84.1 Å². The van der Waals surface area contributed by atoms with Crippen LogP contribution in [0.3, 0.4) is 0 Å². The minimum Gasteiger partial charge on any atom is -0.461 e. The van der Waals surface area contributed by atoms with E-state index in [-0.39, 0.29) is 16.9 Å². The van der Waals surface area contributed by atoms with E-state index in [0.717, 1.165) is 22.4 Å². The van der Waals surface area contributed by atoms with Crippen LogP contribution in [0, 0.1) is 20.8 Å². The minimum absolute atomic E-state index is 0.117. The number of imidazole rings is 1. The first-order valence-electron chi connectivity index (χ1n) is 8.09. The molecule has 0 saturated heterocycles. The van der Waals surface area contributed by atoms with Crippen LogP contribution >= 0.6 is 11.8 Å². The molecule has 1 aromatic carbocycles. The molecule has 134 valence electrons. The Balaban J connectivity index is 2.03. The minimum atomic E-state index is -0.454. The number of hydrogen-bond acceptors (Lipinski definition) is 5. The number of thioether (sulfide) groups is 1. The largest absolute Gasteiger partial charge is 0.461 e. The van der Waals surface area contributed by atoms with Crippen molar-refractivity contribution in [2.75, 3.05) is 11.9 Å². The highest BCUT2D eigenvalue weighted by Gasteiger charge is 2.19. The van der Waals surface area contributed by atoms with Crippen LogP contribution in [0.25, 0.3) is 0 Å². The molecule has 1 unspecified atom stereocenters. The summed E-state index contributed by atoms with van der Waals surface area (Å²) in [5.74, 6) is -0.570. The van der Waals surface area contributed by atoms with Crippen molar-refractivity contribution in [3.05, 3.63) is 40.7 Å². The van der Waals surface area contributed by atoms with Crippen molar-refractivity contribution in [2.45, 2.75) is 45.0 Å². The zero-order valence-corrected chi connectivity index (χ0v) is 15.9. The maximum atomic E-state index is 12.5. The number of ether oxygens (including phenoxy) is 1. The fourth-order valence-corrected chi connectivity index (χ4v) is 3.28. The third-order valence-corrected chi connectivity index (χ3v) is 4.63. The van der Waals surface area contributed by atoms with E-state index in [4.69, 9.17) is 4.74 Å². The SMILES string of the molecule is CCOC(=O)c1cnc(SC(C)C(=O)Nc2c(C)cc(C)cc2C)[nH]1. The number of carbonyl (C=O) groups is 2. The number of anilines is 1. The molecule has 0 saturated carbocycles. The van der Waals surface area contributed by atoms with Crippen LogP contribution in [0.15, 0.2) is 23.5 Å². The summed E-state index contributed by atoms with van der Waals surface area (Å²) in [4.78, 5) is 31.1. The second kappa shape index (κ2) is 8.20. The highest BCUT2D eigenvalue weighted by Crippen LogP contribution is 2.25. The molecule has 0 aliphatic rings. The van der Waals surface area contributed by atoms with Gasteiger partial charge in [0.2, 0.25) is 5.91 Å². The van der Waals surface area contributed by atoms with Gasteiger partial charge in [0.15, 0.2) is 5.16 Å². The standard InChI is InChI=1S/C18H23N3O3S/c1-6-24-17(23)14-9-19-18(20-14)25-13(5)16(22)21-15-11(3)7-10(2)8-12(15)4/h7-9,13H,6H2,1-5H3,(H,19,20)(H,21,22). The number of aromatic amines is 1. The van der Waals surface area contributed by atoms with Gasteiger partial charge in [0.1, 0.15) is 5.69 Å². The average Bonchev–Trinajstić information content (AvgIpc) is 2.99. The quantitative estimate of drug-likeness (QED) is 0.606. The molecule has 25 heavy (non-hydrogen) atoms. The Labute approximate surface area is 151 Å². The van der Waals surface area contributed by atoms with E-state index < -0.39 is 5.97 Å². The van der Waals surface area contributed by atoms with Gasteiger partial charge >= 0.3 is 5.97 Å². The normalized spacial score (nSPS) is 11.9. The number of esters is 1. The molecular formula is C18H23N3O3S. The van der Waals surface area contributed by atoms with Crippen molar-refractivity contribution in [3.8, 4) is 0 Å². The number of nitrogens with one attached hydrogen (secondary N) is 2. The van der Waals surface area contributed by atoms with Crippen LogP contribution in [-0.2, 0) is 9.53 Å².